The summed E-state index contributed by atoms with van der Waals surface area (Å²) in [6, 6.07) is 5.75. The van der Waals surface area contributed by atoms with E-state index in [0.29, 0.717) is 10.2 Å². The van der Waals surface area contributed by atoms with Crippen molar-refractivity contribution in [1.82, 2.24) is 4.90 Å². The molecule has 0 fully saturated rings. The maximum atomic E-state index is 12.0. The minimum absolute atomic E-state index is 0.126. The number of hydrogen-bond acceptors (Lipinski definition) is 3. The summed E-state index contributed by atoms with van der Waals surface area (Å²) >= 11 is 3.21. The molecule has 1 aromatic carbocycles. The largest absolute Gasteiger partial charge is 0.478 e. The van der Waals surface area contributed by atoms with Gasteiger partial charge in [-0.2, -0.15) is 5.26 Å². The number of carbonyl (C=O) groups is 2. The predicted octanol–water partition coefficient (Wildman–Crippen LogP) is 2.91. The Kier molecular flexibility index (Phi) is 5.53. The fraction of sp³-hybridized carbons (Fsp3) is 0.308. The molecule has 0 saturated carbocycles. The van der Waals surface area contributed by atoms with Gasteiger partial charge in [0.05, 0.1) is 23.7 Å². The number of carbonyl (C=O) groups excluding carboxylic acids is 1. The molecule has 20 heavy (non-hydrogen) atoms. The first-order valence-corrected chi connectivity index (χ1v) is 6.59. The lowest BCUT2D eigenvalue weighted by Crippen LogP contribution is -2.38. The van der Waals surface area contributed by atoms with Crippen LogP contribution in [0.2, 0.25) is 0 Å². The number of urea groups is 1. The number of aromatic carboxylic acids is 1. The summed E-state index contributed by atoms with van der Waals surface area (Å²) in [5.74, 6) is -1.04. The van der Waals surface area contributed by atoms with Gasteiger partial charge < -0.3 is 15.3 Å². The van der Waals surface area contributed by atoms with Crippen molar-refractivity contribution in [3.63, 3.8) is 0 Å². The molecule has 0 spiro atoms. The quantitative estimate of drug-likeness (QED) is 0.881. The first-order chi connectivity index (χ1) is 9.36. The zero-order valence-corrected chi connectivity index (χ0v) is 12.6. The molecule has 0 aliphatic heterocycles. The Morgan fingerprint density at radius 3 is 2.70 bits per heavy atom. The molecule has 0 bridgehead atoms. The molecule has 0 radical (unpaired) electrons. The molecule has 1 unspecified atom stereocenters. The van der Waals surface area contributed by atoms with Crippen LogP contribution in [-0.2, 0) is 0 Å². The molecule has 0 aliphatic carbocycles. The molecule has 7 heteroatoms. The zero-order valence-electron chi connectivity index (χ0n) is 11.1. The van der Waals surface area contributed by atoms with E-state index in [2.05, 4.69) is 21.2 Å². The van der Waals surface area contributed by atoms with Gasteiger partial charge in [-0.15, -0.1) is 0 Å². The van der Waals surface area contributed by atoms with Crippen molar-refractivity contribution in [1.29, 1.82) is 5.26 Å². The maximum absolute atomic E-state index is 12.0. The van der Waals surface area contributed by atoms with E-state index in [0.717, 1.165) is 0 Å². The third-order valence-corrected chi connectivity index (χ3v) is 3.48. The molecule has 2 N–H and O–H groups in total. The number of halogens is 1. The summed E-state index contributed by atoms with van der Waals surface area (Å²) in [7, 11) is 1.59. The summed E-state index contributed by atoms with van der Waals surface area (Å²) in [5.41, 5.74) is 0.595. The number of amides is 2. The second-order valence-electron chi connectivity index (χ2n) is 4.25. The molecule has 2 amide bonds. The van der Waals surface area contributed by atoms with Crippen LogP contribution < -0.4 is 5.32 Å². The van der Waals surface area contributed by atoms with Gasteiger partial charge in [-0.05, 0) is 41.1 Å². The Labute approximate surface area is 125 Å². The van der Waals surface area contributed by atoms with Gasteiger partial charge in [-0.3, -0.25) is 0 Å². The summed E-state index contributed by atoms with van der Waals surface area (Å²) < 4.78 is 0.479. The third-order valence-electron chi connectivity index (χ3n) is 2.83. The number of carboxylic acids is 1. The molecule has 0 saturated heterocycles. The number of anilines is 1. The Bertz CT molecular complexity index is 568. The van der Waals surface area contributed by atoms with Crippen LogP contribution in [0.25, 0.3) is 0 Å². The van der Waals surface area contributed by atoms with E-state index in [1.165, 1.54) is 23.1 Å². The minimum atomic E-state index is -1.04. The smallest absolute Gasteiger partial charge is 0.335 e. The minimum Gasteiger partial charge on any atom is -0.478 e. The molecular formula is C13H14BrN3O3. The second kappa shape index (κ2) is 6.91. The van der Waals surface area contributed by atoms with Gasteiger partial charge in [-0.1, -0.05) is 0 Å². The highest BCUT2D eigenvalue weighted by Gasteiger charge is 2.16. The highest BCUT2D eigenvalue weighted by atomic mass is 79.9. The highest BCUT2D eigenvalue weighted by molar-refractivity contribution is 9.10. The highest BCUT2D eigenvalue weighted by Crippen LogP contribution is 2.24. The fourth-order valence-corrected chi connectivity index (χ4v) is 1.90. The number of benzene rings is 1. The van der Waals surface area contributed by atoms with Crippen molar-refractivity contribution in [3.05, 3.63) is 28.2 Å². The first kappa shape index (κ1) is 16.0. The van der Waals surface area contributed by atoms with E-state index in [9.17, 15) is 9.59 Å². The molecule has 6 nitrogen and oxygen atoms in total. The van der Waals surface area contributed by atoms with Gasteiger partial charge in [0.25, 0.3) is 0 Å². The van der Waals surface area contributed by atoms with Crippen LogP contribution in [-0.4, -0.2) is 35.1 Å². The van der Waals surface area contributed by atoms with E-state index in [-0.39, 0.29) is 24.1 Å². The maximum Gasteiger partial charge on any atom is 0.335 e. The Balaban J connectivity index is 2.81. The van der Waals surface area contributed by atoms with Gasteiger partial charge >= 0.3 is 12.0 Å². The van der Waals surface area contributed by atoms with E-state index in [1.807, 2.05) is 6.07 Å². The summed E-state index contributed by atoms with van der Waals surface area (Å²) in [6.07, 6.45) is 0.239. The SMILES string of the molecule is CC(CC#N)N(C)C(=O)Nc1ccc(C(=O)O)cc1Br. The monoisotopic (exact) mass is 339 g/mol. The molecule has 0 aromatic heterocycles. The normalized spacial score (nSPS) is 11.3. The van der Waals surface area contributed by atoms with Gasteiger partial charge in [0.2, 0.25) is 0 Å². The Hall–Kier alpha value is -2.07. The summed E-state index contributed by atoms with van der Waals surface area (Å²) in [5, 5.41) is 20.1. The molecule has 0 aliphatic rings. The van der Waals surface area contributed by atoms with E-state index >= 15 is 0 Å². The van der Waals surface area contributed by atoms with E-state index in [4.69, 9.17) is 10.4 Å². The summed E-state index contributed by atoms with van der Waals surface area (Å²) in [4.78, 5) is 24.2. The number of carboxylic acid groups (broad SMARTS) is 1. The van der Waals surface area contributed by atoms with Crippen molar-refractivity contribution in [2.45, 2.75) is 19.4 Å². The van der Waals surface area contributed by atoms with Crippen LogP contribution in [0.1, 0.15) is 23.7 Å². The lowest BCUT2D eigenvalue weighted by atomic mass is 10.2. The van der Waals surface area contributed by atoms with Crippen molar-refractivity contribution >= 4 is 33.6 Å². The number of nitriles is 1. The topological polar surface area (TPSA) is 93.4 Å². The van der Waals surface area contributed by atoms with Crippen molar-refractivity contribution in [2.24, 2.45) is 0 Å². The molecule has 106 valence electrons. The van der Waals surface area contributed by atoms with Crippen LogP contribution in [0.15, 0.2) is 22.7 Å². The average Bonchev–Trinajstić information content (AvgIpc) is 2.40. The number of hydrogen-bond donors (Lipinski definition) is 2. The van der Waals surface area contributed by atoms with Gasteiger partial charge in [0.15, 0.2) is 0 Å². The van der Waals surface area contributed by atoms with E-state index < -0.39 is 5.97 Å². The van der Waals surface area contributed by atoms with Crippen LogP contribution in [0.3, 0.4) is 0 Å². The molecule has 1 aromatic rings. The average molecular weight is 340 g/mol. The standard InChI is InChI=1S/C13H14BrN3O3/c1-8(5-6-15)17(2)13(20)16-11-4-3-9(12(18)19)7-10(11)14/h3-4,7-8H,5H2,1-2H3,(H,16,20)(H,18,19). The fourth-order valence-electron chi connectivity index (χ4n) is 1.42. The van der Waals surface area contributed by atoms with Crippen molar-refractivity contribution < 1.29 is 14.7 Å². The summed E-state index contributed by atoms with van der Waals surface area (Å²) in [6.45, 7) is 1.77. The lowest BCUT2D eigenvalue weighted by molar-refractivity contribution is 0.0697. The molecule has 1 atom stereocenters. The van der Waals surface area contributed by atoms with Gasteiger partial charge in [0, 0.05) is 17.6 Å². The predicted molar refractivity (Wildman–Crippen MR) is 77.6 cm³/mol. The lowest BCUT2D eigenvalue weighted by Gasteiger charge is -2.23. The van der Waals surface area contributed by atoms with Gasteiger partial charge in [0.1, 0.15) is 0 Å². The van der Waals surface area contributed by atoms with Crippen LogP contribution in [0.4, 0.5) is 10.5 Å². The van der Waals surface area contributed by atoms with Crippen molar-refractivity contribution in [2.75, 3.05) is 12.4 Å². The van der Waals surface area contributed by atoms with E-state index in [1.54, 1.807) is 14.0 Å². The van der Waals surface area contributed by atoms with Gasteiger partial charge in [-0.25, -0.2) is 9.59 Å². The third kappa shape index (κ3) is 3.96. The van der Waals surface area contributed by atoms with Crippen LogP contribution in [0, 0.1) is 11.3 Å². The molecule has 0 heterocycles. The molecule has 1 rings (SSSR count). The van der Waals surface area contributed by atoms with Crippen LogP contribution >= 0.6 is 15.9 Å². The number of nitrogens with zero attached hydrogens (tertiary/aromatic N) is 2. The molecular weight excluding hydrogens is 326 g/mol. The second-order valence-corrected chi connectivity index (χ2v) is 5.11. The Morgan fingerprint density at radius 2 is 2.20 bits per heavy atom. The number of nitrogens with one attached hydrogen (secondary N) is 1. The zero-order chi connectivity index (χ0) is 15.3. The van der Waals surface area contributed by atoms with Crippen molar-refractivity contribution in [3.8, 4) is 6.07 Å². The number of rotatable bonds is 4. The Morgan fingerprint density at radius 1 is 1.55 bits per heavy atom. The van der Waals surface area contributed by atoms with Crippen LogP contribution in [0.5, 0.6) is 0 Å². The first-order valence-electron chi connectivity index (χ1n) is 5.80.